The average molecular weight is 455 g/mol. The van der Waals surface area contributed by atoms with Gasteiger partial charge in [0, 0.05) is 24.2 Å². The van der Waals surface area contributed by atoms with Gasteiger partial charge in [0.05, 0.1) is 37.1 Å². The van der Waals surface area contributed by atoms with Crippen LogP contribution in [0.3, 0.4) is 0 Å². The van der Waals surface area contributed by atoms with Crippen LogP contribution < -0.4 is 0 Å². The zero-order valence-corrected chi connectivity index (χ0v) is 21.6. The Balaban J connectivity index is 2.03. The van der Waals surface area contributed by atoms with Gasteiger partial charge < -0.3 is 9.64 Å². The van der Waals surface area contributed by atoms with Crippen molar-refractivity contribution in [3.8, 4) is 0 Å². The molecule has 2 heterocycles. The fraction of sp³-hybridized carbons (Fsp3) is 0.593. The highest BCUT2D eigenvalue weighted by atomic mass is 16.6. The lowest BCUT2D eigenvalue weighted by atomic mass is 9.81. The minimum Gasteiger partial charge on any atom is -0.449 e. The molecule has 0 aliphatic carbocycles. The van der Waals surface area contributed by atoms with Crippen LogP contribution in [0.1, 0.15) is 67.7 Å². The standard InChI is InChI=1S/C27H42N4O2/c1-9-24(17-28-22(4)26(5,6)7)31-15-10-13-27(8,14-16-33-25(31)32)19-30-18-23(29-20-30)12-11-21(2)3/h9,11-12,17,20H,4,10,13-16,18-19H2,1-3,5-8H3/b23-12+,24-9+,28-17?. The number of allylic oxidation sites excluding steroid dienone is 6. The second-order valence-corrected chi connectivity index (χ2v) is 10.7. The van der Waals surface area contributed by atoms with Gasteiger partial charge in [-0.05, 0) is 51.5 Å². The van der Waals surface area contributed by atoms with Crippen molar-refractivity contribution in [2.45, 2.75) is 67.7 Å². The van der Waals surface area contributed by atoms with E-state index in [2.05, 4.69) is 75.2 Å². The largest absolute Gasteiger partial charge is 0.449 e. The van der Waals surface area contributed by atoms with Crippen LogP contribution in [-0.4, -0.2) is 54.7 Å². The third kappa shape index (κ3) is 8.34. The molecule has 0 aromatic rings. The van der Waals surface area contributed by atoms with Crippen molar-refractivity contribution in [1.29, 1.82) is 0 Å². The zero-order chi connectivity index (χ0) is 24.6. The van der Waals surface area contributed by atoms with Crippen molar-refractivity contribution in [2.75, 3.05) is 26.2 Å². The maximum atomic E-state index is 12.8. The minimum atomic E-state index is -0.310. The summed E-state index contributed by atoms with van der Waals surface area (Å²) in [6, 6.07) is 0. The first kappa shape index (κ1) is 26.6. The minimum absolute atomic E-state index is 0.0406. The summed E-state index contributed by atoms with van der Waals surface area (Å²) in [4.78, 5) is 25.9. The number of aliphatic imine (C=N–C) groups is 2. The summed E-state index contributed by atoms with van der Waals surface area (Å²) in [7, 11) is 0. The highest BCUT2D eigenvalue weighted by Gasteiger charge is 2.31. The Morgan fingerprint density at radius 3 is 2.70 bits per heavy atom. The van der Waals surface area contributed by atoms with Gasteiger partial charge in [0.15, 0.2) is 0 Å². The number of nitrogens with zero attached hydrogens (tertiary/aromatic N) is 4. The molecule has 182 valence electrons. The normalized spacial score (nSPS) is 24.0. The number of carbonyl (C=O) groups is 1. The van der Waals surface area contributed by atoms with Crippen molar-refractivity contribution >= 4 is 18.6 Å². The van der Waals surface area contributed by atoms with Gasteiger partial charge in [-0.2, -0.15) is 0 Å². The molecule has 0 aromatic carbocycles. The van der Waals surface area contributed by atoms with Crippen LogP contribution in [0.2, 0.25) is 0 Å². The summed E-state index contributed by atoms with van der Waals surface area (Å²) < 4.78 is 5.67. The molecule has 1 amide bonds. The number of cyclic esters (lactones) is 1. The molecule has 0 aromatic heterocycles. The first-order valence-corrected chi connectivity index (χ1v) is 11.9. The highest BCUT2D eigenvalue weighted by Crippen LogP contribution is 2.32. The van der Waals surface area contributed by atoms with Crippen LogP contribution in [0, 0.1) is 10.8 Å². The quantitative estimate of drug-likeness (QED) is 0.440. The Hall–Kier alpha value is -2.63. The van der Waals surface area contributed by atoms with Gasteiger partial charge in [0.1, 0.15) is 0 Å². The van der Waals surface area contributed by atoms with Gasteiger partial charge in [-0.1, -0.05) is 52.0 Å². The molecular formula is C27H42N4O2. The Kier molecular flexibility index (Phi) is 9.26. The lowest BCUT2D eigenvalue weighted by Crippen LogP contribution is -2.35. The molecule has 6 heteroatoms. The summed E-state index contributed by atoms with van der Waals surface area (Å²) in [5.74, 6) is 0. The van der Waals surface area contributed by atoms with Crippen LogP contribution >= 0.6 is 0 Å². The maximum absolute atomic E-state index is 12.8. The Morgan fingerprint density at radius 2 is 2.06 bits per heavy atom. The van der Waals surface area contributed by atoms with E-state index in [9.17, 15) is 4.79 Å². The number of amides is 1. The Labute approximate surface area is 200 Å². The van der Waals surface area contributed by atoms with E-state index >= 15 is 0 Å². The fourth-order valence-corrected chi connectivity index (χ4v) is 3.76. The van der Waals surface area contributed by atoms with E-state index in [0.29, 0.717) is 13.2 Å². The molecule has 6 nitrogen and oxygen atoms in total. The molecule has 0 bridgehead atoms. The maximum Gasteiger partial charge on any atom is 0.414 e. The summed E-state index contributed by atoms with van der Waals surface area (Å²) in [6.07, 6.45) is 12.2. The van der Waals surface area contributed by atoms with E-state index in [1.54, 1.807) is 11.1 Å². The topological polar surface area (TPSA) is 57.5 Å². The monoisotopic (exact) mass is 454 g/mol. The summed E-state index contributed by atoms with van der Waals surface area (Å²) in [5.41, 5.74) is 3.78. The van der Waals surface area contributed by atoms with Crippen molar-refractivity contribution < 1.29 is 9.53 Å². The Bertz CT molecular complexity index is 869. The van der Waals surface area contributed by atoms with Gasteiger partial charge in [-0.15, -0.1) is 0 Å². The van der Waals surface area contributed by atoms with Crippen molar-refractivity contribution in [3.63, 3.8) is 0 Å². The number of ether oxygens (including phenoxy) is 1. The first-order chi connectivity index (χ1) is 15.4. The second-order valence-electron chi connectivity index (χ2n) is 10.7. The van der Waals surface area contributed by atoms with E-state index in [1.807, 2.05) is 19.3 Å². The van der Waals surface area contributed by atoms with Crippen molar-refractivity contribution in [1.82, 2.24) is 9.80 Å². The number of carbonyl (C=O) groups excluding carboxylic acids is 1. The SMILES string of the molecule is C=C(N=C/C(=C\C)N1CCCC(C)(CN2C=N/C(=C/C=C(C)C)C2)CCOC1=O)C(C)(C)C. The molecule has 2 aliphatic rings. The molecule has 1 atom stereocenters. The third-order valence-electron chi connectivity index (χ3n) is 6.09. The average Bonchev–Trinajstić information content (AvgIpc) is 3.18. The zero-order valence-electron chi connectivity index (χ0n) is 21.6. The van der Waals surface area contributed by atoms with Crippen molar-refractivity contribution in [2.24, 2.45) is 20.8 Å². The molecule has 1 unspecified atom stereocenters. The third-order valence-corrected chi connectivity index (χ3v) is 6.09. The molecule has 1 fully saturated rings. The fourth-order valence-electron chi connectivity index (χ4n) is 3.76. The number of hydrogen-bond acceptors (Lipinski definition) is 5. The lowest BCUT2D eigenvalue weighted by molar-refractivity contribution is 0.103. The van der Waals surface area contributed by atoms with Gasteiger partial charge >= 0.3 is 6.09 Å². The molecule has 0 spiro atoms. The van der Waals surface area contributed by atoms with E-state index in [0.717, 1.165) is 49.4 Å². The molecule has 2 rings (SSSR count). The van der Waals surface area contributed by atoms with E-state index in [1.165, 1.54) is 5.57 Å². The molecule has 0 saturated carbocycles. The van der Waals surface area contributed by atoms with E-state index in [-0.39, 0.29) is 16.9 Å². The van der Waals surface area contributed by atoms with Crippen LogP contribution in [-0.2, 0) is 4.74 Å². The first-order valence-electron chi connectivity index (χ1n) is 11.9. The molecule has 0 radical (unpaired) electrons. The van der Waals surface area contributed by atoms with E-state index < -0.39 is 0 Å². The van der Waals surface area contributed by atoms with E-state index in [4.69, 9.17) is 4.74 Å². The van der Waals surface area contributed by atoms with Crippen LogP contribution in [0.4, 0.5) is 4.79 Å². The molecule has 33 heavy (non-hydrogen) atoms. The highest BCUT2D eigenvalue weighted by molar-refractivity contribution is 5.85. The van der Waals surface area contributed by atoms with Gasteiger partial charge in [0.2, 0.25) is 0 Å². The number of rotatable bonds is 6. The lowest BCUT2D eigenvalue weighted by Gasteiger charge is -2.33. The van der Waals surface area contributed by atoms with Crippen LogP contribution in [0.5, 0.6) is 0 Å². The van der Waals surface area contributed by atoms with Crippen molar-refractivity contribution in [3.05, 3.63) is 47.5 Å². The van der Waals surface area contributed by atoms with Gasteiger partial charge in [-0.25, -0.2) is 9.79 Å². The summed E-state index contributed by atoms with van der Waals surface area (Å²) in [6.45, 7) is 21.4. The predicted octanol–water partition coefficient (Wildman–Crippen LogP) is 6.34. The number of hydrogen-bond donors (Lipinski definition) is 0. The molecule has 0 N–H and O–H groups in total. The molecule has 1 saturated heterocycles. The van der Waals surface area contributed by atoms with Crippen LogP contribution in [0.15, 0.2) is 57.5 Å². The van der Waals surface area contributed by atoms with Gasteiger partial charge in [-0.3, -0.25) is 9.89 Å². The summed E-state index contributed by atoms with van der Waals surface area (Å²) in [5, 5.41) is 0. The molecule has 2 aliphatic heterocycles. The van der Waals surface area contributed by atoms with Crippen LogP contribution in [0.25, 0.3) is 0 Å². The smallest absolute Gasteiger partial charge is 0.414 e. The Morgan fingerprint density at radius 1 is 1.33 bits per heavy atom. The predicted molar refractivity (Wildman–Crippen MR) is 138 cm³/mol. The molecular weight excluding hydrogens is 412 g/mol. The summed E-state index contributed by atoms with van der Waals surface area (Å²) >= 11 is 0. The van der Waals surface area contributed by atoms with Gasteiger partial charge in [0.25, 0.3) is 0 Å². The second kappa shape index (κ2) is 11.5.